The molecule has 1 aliphatic rings. The van der Waals surface area contributed by atoms with Crippen LogP contribution in [-0.2, 0) is 6.54 Å². The molecule has 1 aliphatic heterocycles. The summed E-state index contributed by atoms with van der Waals surface area (Å²) in [6.07, 6.45) is 5.11. The Kier molecular flexibility index (Phi) is 5.99. The monoisotopic (exact) mass is 402 g/mol. The molecule has 3 aromatic rings. The Balaban J connectivity index is 1.62. The molecule has 1 aromatic carbocycles. The van der Waals surface area contributed by atoms with Crippen LogP contribution in [0.5, 0.6) is 0 Å². The Labute approximate surface area is 176 Å². The van der Waals surface area contributed by atoms with E-state index < -0.39 is 0 Å². The van der Waals surface area contributed by atoms with Crippen molar-refractivity contribution in [2.24, 2.45) is 0 Å². The maximum atomic E-state index is 13.0. The van der Waals surface area contributed by atoms with Gasteiger partial charge in [-0.25, -0.2) is 9.97 Å². The number of piperazine rings is 1. The van der Waals surface area contributed by atoms with Crippen LogP contribution in [0.25, 0.3) is 11.4 Å². The van der Waals surface area contributed by atoms with Gasteiger partial charge in [-0.15, -0.1) is 0 Å². The number of aryl methyl sites for hydroxylation is 1. The van der Waals surface area contributed by atoms with Gasteiger partial charge in [0.2, 0.25) is 0 Å². The number of benzene rings is 1. The molecular formula is C23H26N6O. The normalized spacial score (nSPS) is 14.5. The van der Waals surface area contributed by atoms with Gasteiger partial charge in [0, 0.05) is 56.9 Å². The number of aromatic nitrogens is 3. The van der Waals surface area contributed by atoms with Gasteiger partial charge >= 0.3 is 0 Å². The van der Waals surface area contributed by atoms with Crippen molar-refractivity contribution in [3.63, 3.8) is 0 Å². The van der Waals surface area contributed by atoms with Gasteiger partial charge in [0.15, 0.2) is 5.82 Å². The van der Waals surface area contributed by atoms with Gasteiger partial charge in [0.05, 0.1) is 0 Å². The van der Waals surface area contributed by atoms with Crippen LogP contribution in [0.4, 0.5) is 5.82 Å². The predicted molar refractivity (Wildman–Crippen MR) is 117 cm³/mol. The minimum atomic E-state index is -0.178. The summed E-state index contributed by atoms with van der Waals surface area (Å²) in [6.45, 7) is 5.97. The van der Waals surface area contributed by atoms with Gasteiger partial charge < -0.3 is 15.1 Å². The summed E-state index contributed by atoms with van der Waals surface area (Å²) >= 11 is 0. The van der Waals surface area contributed by atoms with Gasteiger partial charge in [0.25, 0.3) is 5.91 Å². The van der Waals surface area contributed by atoms with Crippen LogP contribution in [-0.4, -0.2) is 59.0 Å². The first-order chi connectivity index (χ1) is 14.6. The fraction of sp³-hybridized carbons (Fsp3) is 0.304. The Hall–Kier alpha value is -3.32. The Morgan fingerprint density at radius 3 is 2.53 bits per heavy atom. The van der Waals surface area contributed by atoms with Gasteiger partial charge in [-0.1, -0.05) is 35.9 Å². The van der Waals surface area contributed by atoms with E-state index in [1.165, 1.54) is 5.56 Å². The van der Waals surface area contributed by atoms with Gasteiger partial charge in [-0.05, 0) is 25.6 Å². The number of hydrogen-bond acceptors (Lipinski definition) is 6. The lowest BCUT2D eigenvalue weighted by atomic mass is 10.1. The van der Waals surface area contributed by atoms with E-state index in [0.29, 0.717) is 23.8 Å². The molecule has 0 aliphatic carbocycles. The molecule has 30 heavy (non-hydrogen) atoms. The van der Waals surface area contributed by atoms with E-state index in [1.54, 1.807) is 18.6 Å². The van der Waals surface area contributed by atoms with Crippen molar-refractivity contribution in [3.8, 4) is 11.4 Å². The molecule has 0 saturated carbocycles. The van der Waals surface area contributed by atoms with Crippen molar-refractivity contribution in [1.29, 1.82) is 0 Å². The minimum absolute atomic E-state index is 0.178. The maximum absolute atomic E-state index is 13.0. The van der Waals surface area contributed by atoms with E-state index in [4.69, 9.17) is 4.98 Å². The number of carbonyl (C=O) groups excluding carboxylic acids is 1. The number of pyridine rings is 1. The first-order valence-electron chi connectivity index (χ1n) is 10.1. The van der Waals surface area contributed by atoms with E-state index in [0.717, 1.165) is 37.3 Å². The first-order valence-corrected chi connectivity index (χ1v) is 10.1. The van der Waals surface area contributed by atoms with Crippen LogP contribution in [0.1, 0.15) is 21.5 Å². The standard InChI is InChI=1S/C23H26N6O/c1-17-5-7-19(8-6-17)21-25-16-20(22(27-21)29-12-10-28(2)11-13-29)23(30)26-15-18-4-3-9-24-14-18/h3-9,14,16H,10-13,15H2,1-2H3,(H,26,30). The van der Waals surface area contributed by atoms with Gasteiger partial charge in [-0.2, -0.15) is 0 Å². The Bertz CT molecular complexity index is 998. The maximum Gasteiger partial charge on any atom is 0.256 e. The highest BCUT2D eigenvalue weighted by Crippen LogP contribution is 2.24. The zero-order valence-electron chi connectivity index (χ0n) is 17.4. The quantitative estimate of drug-likeness (QED) is 0.707. The highest BCUT2D eigenvalue weighted by molar-refractivity contribution is 5.98. The van der Waals surface area contributed by atoms with Crippen LogP contribution in [0.2, 0.25) is 0 Å². The number of anilines is 1. The van der Waals surface area contributed by atoms with E-state index >= 15 is 0 Å². The SMILES string of the molecule is Cc1ccc(-c2ncc(C(=O)NCc3cccnc3)c(N3CCN(C)CC3)n2)cc1. The van der Waals surface area contributed by atoms with Crippen molar-refractivity contribution in [3.05, 3.63) is 71.7 Å². The summed E-state index contributed by atoms with van der Waals surface area (Å²) in [5, 5.41) is 2.97. The Morgan fingerprint density at radius 1 is 1.07 bits per heavy atom. The average molecular weight is 403 g/mol. The third-order valence-corrected chi connectivity index (χ3v) is 5.30. The van der Waals surface area contributed by atoms with E-state index in [1.807, 2.05) is 36.4 Å². The number of likely N-dealkylation sites (N-methyl/N-ethyl adjacent to an activating group) is 1. The molecule has 0 radical (unpaired) electrons. The largest absolute Gasteiger partial charge is 0.353 e. The van der Waals surface area contributed by atoms with Crippen LogP contribution in [0.3, 0.4) is 0 Å². The summed E-state index contributed by atoms with van der Waals surface area (Å²) in [6, 6.07) is 11.9. The highest BCUT2D eigenvalue weighted by Gasteiger charge is 2.23. The summed E-state index contributed by atoms with van der Waals surface area (Å²) in [4.78, 5) is 30.9. The first kappa shape index (κ1) is 20.0. The van der Waals surface area contributed by atoms with E-state index in [-0.39, 0.29) is 5.91 Å². The summed E-state index contributed by atoms with van der Waals surface area (Å²) in [5.74, 6) is 1.15. The minimum Gasteiger partial charge on any atom is -0.353 e. The summed E-state index contributed by atoms with van der Waals surface area (Å²) in [7, 11) is 2.11. The second-order valence-electron chi connectivity index (χ2n) is 7.63. The molecule has 1 saturated heterocycles. The summed E-state index contributed by atoms with van der Waals surface area (Å²) in [5.41, 5.74) is 3.58. The smallest absolute Gasteiger partial charge is 0.256 e. The zero-order valence-corrected chi connectivity index (χ0v) is 17.4. The van der Waals surface area contributed by atoms with Crippen molar-refractivity contribution >= 4 is 11.7 Å². The molecule has 0 spiro atoms. The fourth-order valence-corrected chi connectivity index (χ4v) is 3.41. The second kappa shape index (κ2) is 9.00. The summed E-state index contributed by atoms with van der Waals surface area (Å²) < 4.78 is 0. The van der Waals surface area contributed by atoms with Crippen LogP contribution in [0.15, 0.2) is 55.0 Å². The number of carbonyl (C=O) groups is 1. The van der Waals surface area contributed by atoms with E-state index in [9.17, 15) is 4.79 Å². The molecule has 2 aromatic heterocycles. The lowest BCUT2D eigenvalue weighted by Gasteiger charge is -2.34. The molecule has 0 atom stereocenters. The van der Waals surface area contributed by atoms with Crippen molar-refractivity contribution in [2.75, 3.05) is 38.1 Å². The zero-order chi connectivity index (χ0) is 20.9. The Morgan fingerprint density at radius 2 is 1.83 bits per heavy atom. The number of amides is 1. The van der Waals surface area contributed by atoms with E-state index in [2.05, 4.69) is 39.1 Å². The van der Waals surface area contributed by atoms with Crippen molar-refractivity contribution in [2.45, 2.75) is 13.5 Å². The molecule has 0 unspecified atom stereocenters. The number of nitrogens with zero attached hydrogens (tertiary/aromatic N) is 5. The predicted octanol–water partition coefficient (Wildman–Crippen LogP) is 2.53. The van der Waals surface area contributed by atoms with Crippen molar-refractivity contribution in [1.82, 2.24) is 25.2 Å². The van der Waals surface area contributed by atoms with Gasteiger partial charge in [-0.3, -0.25) is 9.78 Å². The molecule has 1 amide bonds. The van der Waals surface area contributed by atoms with Crippen LogP contribution < -0.4 is 10.2 Å². The van der Waals surface area contributed by atoms with Crippen molar-refractivity contribution < 1.29 is 4.79 Å². The molecule has 7 nitrogen and oxygen atoms in total. The number of rotatable bonds is 5. The molecule has 1 fully saturated rings. The molecule has 3 heterocycles. The fourth-order valence-electron chi connectivity index (χ4n) is 3.41. The molecule has 7 heteroatoms. The van der Waals surface area contributed by atoms with Crippen LogP contribution in [0, 0.1) is 6.92 Å². The van der Waals surface area contributed by atoms with Gasteiger partial charge in [0.1, 0.15) is 11.4 Å². The lowest BCUT2D eigenvalue weighted by Crippen LogP contribution is -2.45. The van der Waals surface area contributed by atoms with Crippen LogP contribution >= 0.6 is 0 Å². The molecule has 0 bridgehead atoms. The molecule has 4 rings (SSSR count). The average Bonchev–Trinajstić information content (AvgIpc) is 2.79. The number of nitrogens with one attached hydrogen (secondary N) is 1. The second-order valence-corrected chi connectivity index (χ2v) is 7.63. The third kappa shape index (κ3) is 4.63. The third-order valence-electron chi connectivity index (χ3n) is 5.30. The molecular weight excluding hydrogens is 376 g/mol. The topological polar surface area (TPSA) is 74.2 Å². The lowest BCUT2D eigenvalue weighted by molar-refractivity contribution is 0.0950. The molecule has 1 N–H and O–H groups in total. The highest BCUT2D eigenvalue weighted by atomic mass is 16.1. The number of hydrogen-bond donors (Lipinski definition) is 1. The molecule has 154 valence electrons.